The van der Waals surface area contributed by atoms with Crippen LogP contribution in [0.3, 0.4) is 0 Å². The predicted molar refractivity (Wildman–Crippen MR) is 153 cm³/mol. The highest BCUT2D eigenvalue weighted by Gasteiger charge is 2.13. The Morgan fingerprint density at radius 3 is 2.22 bits per heavy atom. The minimum absolute atomic E-state index is 0.584. The highest BCUT2D eigenvalue weighted by atomic mass is 32.1. The van der Waals surface area contributed by atoms with Gasteiger partial charge in [0.25, 0.3) is 0 Å². The van der Waals surface area contributed by atoms with E-state index in [1.165, 1.54) is 0 Å². The molecule has 0 saturated heterocycles. The van der Waals surface area contributed by atoms with Gasteiger partial charge in [0.2, 0.25) is 0 Å². The SMILES string of the molecule is C(=N\N=C(/Nc1ccccc1)c1nc2ccccc2s1)/c1cn(-c2ccccc2)nc1-c1ccccc1. The number of thiazole rings is 1. The van der Waals surface area contributed by atoms with Gasteiger partial charge in [-0.25, -0.2) is 9.67 Å². The molecule has 0 aliphatic heterocycles. The van der Waals surface area contributed by atoms with Crippen LogP contribution in [0.4, 0.5) is 5.69 Å². The number of hydrogen-bond acceptors (Lipinski definition) is 5. The molecule has 37 heavy (non-hydrogen) atoms. The summed E-state index contributed by atoms with van der Waals surface area (Å²) >= 11 is 1.58. The Kier molecular flexibility index (Phi) is 6.34. The zero-order valence-electron chi connectivity index (χ0n) is 19.8. The molecule has 0 amide bonds. The molecule has 0 radical (unpaired) electrons. The van der Waals surface area contributed by atoms with Gasteiger partial charge in [-0.05, 0) is 36.4 Å². The first-order valence-electron chi connectivity index (χ1n) is 11.8. The maximum Gasteiger partial charge on any atom is 0.189 e. The van der Waals surface area contributed by atoms with Crippen molar-refractivity contribution < 1.29 is 0 Å². The fraction of sp³-hybridized carbons (Fsp3) is 0. The van der Waals surface area contributed by atoms with Crippen molar-refractivity contribution in [1.82, 2.24) is 14.8 Å². The Morgan fingerprint density at radius 1 is 0.784 bits per heavy atom. The van der Waals surface area contributed by atoms with E-state index in [9.17, 15) is 0 Å². The van der Waals surface area contributed by atoms with Crippen molar-refractivity contribution in [3.8, 4) is 16.9 Å². The second kappa shape index (κ2) is 10.4. The van der Waals surface area contributed by atoms with Crippen molar-refractivity contribution in [2.45, 2.75) is 0 Å². The number of nitrogens with one attached hydrogen (secondary N) is 1. The molecule has 7 heteroatoms. The van der Waals surface area contributed by atoms with Crippen molar-refractivity contribution >= 4 is 39.3 Å². The summed E-state index contributed by atoms with van der Waals surface area (Å²) in [6.07, 6.45) is 3.72. The van der Waals surface area contributed by atoms with Crippen LogP contribution in [-0.2, 0) is 0 Å². The zero-order chi connectivity index (χ0) is 24.9. The van der Waals surface area contributed by atoms with Crippen LogP contribution in [0, 0.1) is 0 Å². The summed E-state index contributed by atoms with van der Waals surface area (Å²) in [5, 5.41) is 18.1. The minimum Gasteiger partial charge on any atom is -0.336 e. The number of aromatic nitrogens is 3. The minimum atomic E-state index is 0.584. The maximum atomic E-state index is 4.85. The van der Waals surface area contributed by atoms with Gasteiger partial charge in [-0.15, -0.1) is 16.4 Å². The number of rotatable bonds is 6. The van der Waals surface area contributed by atoms with Crippen LogP contribution in [0.15, 0.2) is 132 Å². The third kappa shape index (κ3) is 5.07. The van der Waals surface area contributed by atoms with Crippen molar-refractivity contribution in [2.75, 3.05) is 5.32 Å². The normalized spacial score (nSPS) is 11.8. The lowest BCUT2D eigenvalue weighted by Crippen LogP contribution is -2.13. The lowest BCUT2D eigenvalue weighted by atomic mass is 10.1. The van der Waals surface area contributed by atoms with Crippen LogP contribution in [0.5, 0.6) is 0 Å². The molecule has 2 heterocycles. The van der Waals surface area contributed by atoms with Gasteiger partial charge in [-0.2, -0.15) is 10.2 Å². The van der Waals surface area contributed by atoms with Crippen LogP contribution in [-0.4, -0.2) is 26.8 Å². The molecular formula is C30H22N6S. The van der Waals surface area contributed by atoms with E-state index in [2.05, 4.69) is 21.6 Å². The summed E-state index contributed by atoms with van der Waals surface area (Å²) in [7, 11) is 0. The Hall–Kier alpha value is -4.88. The van der Waals surface area contributed by atoms with Gasteiger partial charge in [-0.3, -0.25) is 0 Å². The van der Waals surface area contributed by atoms with Crippen molar-refractivity contribution in [1.29, 1.82) is 0 Å². The molecular weight excluding hydrogens is 476 g/mol. The first kappa shape index (κ1) is 22.6. The van der Waals surface area contributed by atoms with Gasteiger partial charge in [-0.1, -0.05) is 78.9 Å². The van der Waals surface area contributed by atoms with Gasteiger partial charge in [0.1, 0.15) is 5.69 Å². The van der Waals surface area contributed by atoms with Crippen molar-refractivity contribution in [3.05, 3.63) is 132 Å². The van der Waals surface area contributed by atoms with E-state index < -0.39 is 0 Å². The standard InChI is InChI=1S/C30H22N6S/c1-4-12-22(13-5-1)28-23(21-36(35-28)25-16-8-3-9-17-25)20-31-34-29(32-24-14-6-2-7-15-24)30-33-26-18-10-11-19-27(26)37-30/h1-21H,(H,32,34)/b31-20+. The number of benzene rings is 4. The van der Waals surface area contributed by atoms with E-state index in [-0.39, 0.29) is 0 Å². The quantitative estimate of drug-likeness (QED) is 0.152. The number of amidine groups is 1. The molecule has 0 fully saturated rings. The topological polar surface area (TPSA) is 67.5 Å². The van der Waals surface area contributed by atoms with Gasteiger partial charge in [0.05, 0.1) is 22.1 Å². The Labute approximate surface area is 218 Å². The molecule has 0 unspecified atom stereocenters. The van der Waals surface area contributed by atoms with Gasteiger partial charge in [0, 0.05) is 23.0 Å². The number of nitrogens with zero attached hydrogens (tertiary/aromatic N) is 5. The third-order valence-corrected chi connectivity index (χ3v) is 6.74. The van der Waals surface area contributed by atoms with E-state index in [1.54, 1.807) is 17.6 Å². The van der Waals surface area contributed by atoms with Crippen LogP contribution < -0.4 is 5.32 Å². The molecule has 0 aliphatic carbocycles. The smallest absolute Gasteiger partial charge is 0.189 e. The summed E-state index contributed by atoms with van der Waals surface area (Å²) in [6, 6.07) is 38.1. The van der Waals surface area contributed by atoms with Crippen molar-refractivity contribution in [2.24, 2.45) is 10.2 Å². The fourth-order valence-electron chi connectivity index (χ4n) is 3.92. The summed E-state index contributed by atoms with van der Waals surface area (Å²) in [4.78, 5) is 4.78. The number of hydrogen-bond donors (Lipinski definition) is 1. The summed E-state index contributed by atoms with van der Waals surface area (Å²) in [5.74, 6) is 0.584. The average molecular weight is 499 g/mol. The summed E-state index contributed by atoms with van der Waals surface area (Å²) < 4.78 is 2.96. The lowest BCUT2D eigenvalue weighted by Gasteiger charge is -2.05. The predicted octanol–water partition coefficient (Wildman–Crippen LogP) is 7.04. The first-order valence-corrected chi connectivity index (χ1v) is 12.6. The molecule has 0 saturated carbocycles. The Balaban J connectivity index is 1.39. The second-order valence-electron chi connectivity index (χ2n) is 8.25. The van der Waals surface area contributed by atoms with Crippen LogP contribution in [0.1, 0.15) is 10.6 Å². The molecule has 1 N–H and O–H groups in total. The van der Waals surface area contributed by atoms with E-state index in [1.807, 2.05) is 120 Å². The molecule has 2 aromatic heterocycles. The zero-order valence-corrected chi connectivity index (χ0v) is 20.6. The Morgan fingerprint density at radius 2 is 1.46 bits per heavy atom. The summed E-state index contributed by atoms with van der Waals surface area (Å²) in [6.45, 7) is 0. The number of anilines is 1. The lowest BCUT2D eigenvalue weighted by molar-refractivity contribution is 0.884. The molecule has 178 valence electrons. The van der Waals surface area contributed by atoms with E-state index >= 15 is 0 Å². The molecule has 0 spiro atoms. The van der Waals surface area contributed by atoms with E-state index in [4.69, 9.17) is 10.1 Å². The van der Waals surface area contributed by atoms with Gasteiger partial charge < -0.3 is 5.32 Å². The van der Waals surface area contributed by atoms with Crippen LogP contribution >= 0.6 is 11.3 Å². The number of para-hydroxylation sites is 3. The first-order chi connectivity index (χ1) is 18.3. The molecule has 0 aliphatic rings. The highest BCUT2D eigenvalue weighted by molar-refractivity contribution is 7.20. The Bertz CT molecular complexity index is 1650. The average Bonchev–Trinajstić information content (AvgIpc) is 3.59. The fourth-order valence-corrected chi connectivity index (χ4v) is 4.82. The monoisotopic (exact) mass is 498 g/mol. The third-order valence-electron chi connectivity index (χ3n) is 5.70. The second-order valence-corrected chi connectivity index (χ2v) is 9.28. The molecule has 0 atom stereocenters. The van der Waals surface area contributed by atoms with E-state index in [0.717, 1.165) is 43.4 Å². The van der Waals surface area contributed by atoms with Gasteiger partial charge in [0.15, 0.2) is 10.8 Å². The molecule has 6 nitrogen and oxygen atoms in total. The molecule has 6 rings (SSSR count). The van der Waals surface area contributed by atoms with Crippen LogP contribution in [0.2, 0.25) is 0 Å². The summed E-state index contributed by atoms with van der Waals surface area (Å²) in [5.41, 5.74) is 5.53. The molecule has 6 aromatic rings. The highest BCUT2D eigenvalue weighted by Crippen LogP contribution is 2.24. The molecule has 4 aromatic carbocycles. The number of fused-ring (bicyclic) bond motifs is 1. The molecule has 0 bridgehead atoms. The maximum absolute atomic E-state index is 4.85. The van der Waals surface area contributed by atoms with E-state index in [0.29, 0.717) is 5.84 Å². The van der Waals surface area contributed by atoms with Crippen LogP contribution in [0.25, 0.3) is 27.2 Å². The van der Waals surface area contributed by atoms with Crippen molar-refractivity contribution in [3.63, 3.8) is 0 Å². The largest absolute Gasteiger partial charge is 0.336 e. The van der Waals surface area contributed by atoms with Gasteiger partial charge >= 0.3 is 0 Å².